The molecule has 1 fully saturated rings. The van der Waals surface area contributed by atoms with Gasteiger partial charge in [-0.1, -0.05) is 18.9 Å². The van der Waals surface area contributed by atoms with Crippen LogP contribution in [-0.2, 0) is 10.2 Å². The van der Waals surface area contributed by atoms with Gasteiger partial charge in [0.05, 0.1) is 19.6 Å². The molecule has 0 amide bonds. The molecule has 4 nitrogen and oxygen atoms in total. The molecular weight excluding hydrogens is 251 g/mol. The first-order valence-corrected chi connectivity index (χ1v) is 6.21. The Balaban J connectivity index is 2.61. The van der Waals surface area contributed by atoms with E-state index in [0.717, 1.165) is 12.8 Å². The molecule has 0 saturated heterocycles. The van der Waals surface area contributed by atoms with E-state index in [-0.39, 0.29) is 11.5 Å². The Morgan fingerprint density at radius 1 is 1.26 bits per heavy atom. The van der Waals surface area contributed by atoms with E-state index in [1.165, 1.54) is 20.3 Å². The number of ether oxygens (including phenoxy) is 2. The largest absolute Gasteiger partial charge is 0.494 e. The third-order valence-corrected chi connectivity index (χ3v) is 3.87. The van der Waals surface area contributed by atoms with Gasteiger partial charge in [0.15, 0.2) is 11.5 Å². The third-order valence-electron chi connectivity index (χ3n) is 3.87. The highest BCUT2D eigenvalue weighted by Gasteiger charge is 2.45. The van der Waals surface area contributed by atoms with Crippen LogP contribution in [0.3, 0.4) is 0 Å². The van der Waals surface area contributed by atoms with Crippen molar-refractivity contribution in [3.8, 4) is 11.5 Å². The molecule has 1 aromatic rings. The average Bonchev–Trinajstić information content (AvgIpc) is 2.88. The first-order chi connectivity index (χ1) is 9.06. The quantitative estimate of drug-likeness (QED) is 0.912. The maximum Gasteiger partial charge on any atom is 0.314 e. The van der Waals surface area contributed by atoms with Gasteiger partial charge < -0.3 is 14.6 Å². The van der Waals surface area contributed by atoms with Crippen LogP contribution in [0.5, 0.6) is 11.5 Å². The second-order valence-electron chi connectivity index (χ2n) is 4.76. The number of hydrogen-bond donors (Lipinski definition) is 1. The molecule has 0 aromatic heterocycles. The molecule has 5 heteroatoms. The van der Waals surface area contributed by atoms with E-state index in [4.69, 9.17) is 9.47 Å². The van der Waals surface area contributed by atoms with Gasteiger partial charge in [-0.15, -0.1) is 0 Å². The Labute approximate surface area is 111 Å². The lowest BCUT2D eigenvalue weighted by Crippen LogP contribution is -2.33. The van der Waals surface area contributed by atoms with Crippen molar-refractivity contribution in [2.75, 3.05) is 14.2 Å². The van der Waals surface area contributed by atoms with Crippen LogP contribution >= 0.6 is 0 Å². The fourth-order valence-corrected chi connectivity index (χ4v) is 2.85. The Kier molecular flexibility index (Phi) is 3.64. The number of carboxylic acid groups (broad SMARTS) is 1. The monoisotopic (exact) mass is 268 g/mol. The molecule has 0 heterocycles. The van der Waals surface area contributed by atoms with Crippen molar-refractivity contribution in [1.82, 2.24) is 0 Å². The Hall–Kier alpha value is -1.78. The average molecular weight is 268 g/mol. The lowest BCUT2D eigenvalue weighted by molar-refractivity contribution is -0.143. The van der Waals surface area contributed by atoms with Crippen LogP contribution in [0.2, 0.25) is 0 Å². The summed E-state index contributed by atoms with van der Waals surface area (Å²) >= 11 is 0. The van der Waals surface area contributed by atoms with E-state index in [2.05, 4.69) is 0 Å². The Bertz CT molecular complexity index is 492. The molecule has 0 bridgehead atoms. The Morgan fingerprint density at radius 3 is 2.37 bits per heavy atom. The van der Waals surface area contributed by atoms with Gasteiger partial charge in [-0.05, 0) is 18.9 Å². The van der Waals surface area contributed by atoms with Crippen molar-refractivity contribution in [2.24, 2.45) is 0 Å². The highest BCUT2D eigenvalue weighted by molar-refractivity contribution is 5.83. The number of benzene rings is 1. The summed E-state index contributed by atoms with van der Waals surface area (Å²) in [6, 6.07) is 3.05. The second kappa shape index (κ2) is 5.07. The zero-order chi connectivity index (χ0) is 14.0. The lowest BCUT2D eigenvalue weighted by Gasteiger charge is -2.26. The normalized spacial score (nSPS) is 17.2. The molecule has 0 atom stereocenters. The van der Waals surface area contributed by atoms with Crippen molar-refractivity contribution >= 4 is 5.97 Å². The molecule has 2 rings (SSSR count). The van der Waals surface area contributed by atoms with E-state index in [9.17, 15) is 14.3 Å². The lowest BCUT2D eigenvalue weighted by atomic mass is 9.78. The van der Waals surface area contributed by atoms with Crippen LogP contribution < -0.4 is 9.47 Å². The summed E-state index contributed by atoms with van der Waals surface area (Å²) in [7, 11) is 2.70. The van der Waals surface area contributed by atoms with Gasteiger partial charge in [0.1, 0.15) is 0 Å². The summed E-state index contributed by atoms with van der Waals surface area (Å²) < 4.78 is 24.2. The van der Waals surface area contributed by atoms with Crippen LogP contribution in [-0.4, -0.2) is 25.3 Å². The number of carboxylic acids is 1. The minimum Gasteiger partial charge on any atom is -0.494 e. The summed E-state index contributed by atoms with van der Waals surface area (Å²) in [6.45, 7) is 0. The molecule has 0 radical (unpaired) electrons. The van der Waals surface area contributed by atoms with Gasteiger partial charge in [-0.2, -0.15) is 4.39 Å². The van der Waals surface area contributed by atoms with Crippen LogP contribution in [0.25, 0.3) is 0 Å². The highest BCUT2D eigenvalue weighted by atomic mass is 19.1. The molecule has 0 spiro atoms. The molecule has 1 saturated carbocycles. The summed E-state index contributed by atoms with van der Waals surface area (Å²) in [6.07, 6.45) is 2.65. The molecule has 1 aliphatic carbocycles. The SMILES string of the molecule is COc1ccc(C2(C(=O)O)CCCC2)c(OC)c1F. The van der Waals surface area contributed by atoms with E-state index < -0.39 is 17.2 Å². The van der Waals surface area contributed by atoms with Gasteiger partial charge in [0, 0.05) is 5.56 Å². The highest BCUT2D eigenvalue weighted by Crippen LogP contribution is 2.47. The van der Waals surface area contributed by atoms with E-state index in [0.29, 0.717) is 18.4 Å². The number of carbonyl (C=O) groups is 1. The summed E-state index contributed by atoms with van der Waals surface area (Å²) in [5, 5.41) is 9.55. The van der Waals surface area contributed by atoms with Gasteiger partial charge in [-0.3, -0.25) is 4.79 Å². The van der Waals surface area contributed by atoms with Gasteiger partial charge in [-0.25, -0.2) is 0 Å². The zero-order valence-electron chi connectivity index (χ0n) is 11.0. The zero-order valence-corrected chi connectivity index (χ0v) is 11.0. The molecule has 0 unspecified atom stereocenters. The molecular formula is C14H17FO4. The number of halogens is 1. The van der Waals surface area contributed by atoms with Crippen LogP contribution in [0.1, 0.15) is 31.2 Å². The van der Waals surface area contributed by atoms with Crippen molar-refractivity contribution in [3.63, 3.8) is 0 Å². The smallest absolute Gasteiger partial charge is 0.314 e. The fourth-order valence-electron chi connectivity index (χ4n) is 2.85. The van der Waals surface area contributed by atoms with Gasteiger partial charge in [0.25, 0.3) is 0 Å². The maximum atomic E-state index is 14.2. The number of hydrogen-bond acceptors (Lipinski definition) is 3. The van der Waals surface area contributed by atoms with Crippen molar-refractivity contribution in [2.45, 2.75) is 31.1 Å². The topological polar surface area (TPSA) is 55.8 Å². The minimum absolute atomic E-state index is 0.0244. The molecule has 1 aliphatic rings. The number of aliphatic carboxylic acids is 1. The molecule has 104 valence electrons. The Morgan fingerprint density at radius 2 is 1.89 bits per heavy atom. The predicted octanol–water partition coefficient (Wildman–Crippen LogP) is 2.74. The van der Waals surface area contributed by atoms with Gasteiger partial charge in [0.2, 0.25) is 5.82 Å². The molecule has 1 aromatic carbocycles. The first kappa shape index (κ1) is 13.6. The third kappa shape index (κ3) is 2.03. The van der Waals surface area contributed by atoms with Gasteiger partial charge >= 0.3 is 5.97 Å². The fraction of sp³-hybridized carbons (Fsp3) is 0.500. The predicted molar refractivity (Wildman–Crippen MR) is 67.3 cm³/mol. The minimum atomic E-state index is -1.04. The standard InChI is InChI=1S/C14H17FO4/c1-18-10-6-5-9(12(19-2)11(10)15)14(13(16)17)7-3-4-8-14/h5-6H,3-4,7-8H2,1-2H3,(H,16,17). The van der Waals surface area contributed by atoms with E-state index >= 15 is 0 Å². The van der Waals surface area contributed by atoms with Crippen molar-refractivity contribution in [3.05, 3.63) is 23.5 Å². The maximum absolute atomic E-state index is 14.2. The van der Waals surface area contributed by atoms with Crippen LogP contribution in [0.4, 0.5) is 4.39 Å². The molecule has 19 heavy (non-hydrogen) atoms. The van der Waals surface area contributed by atoms with Crippen LogP contribution in [0.15, 0.2) is 12.1 Å². The summed E-state index contributed by atoms with van der Waals surface area (Å²) in [4.78, 5) is 11.6. The second-order valence-corrected chi connectivity index (χ2v) is 4.76. The van der Waals surface area contributed by atoms with Crippen LogP contribution in [0, 0.1) is 5.82 Å². The molecule has 1 N–H and O–H groups in total. The number of rotatable bonds is 4. The van der Waals surface area contributed by atoms with E-state index in [1.807, 2.05) is 0 Å². The summed E-state index contributed by atoms with van der Waals surface area (Å²) in [5.74, 6) is -1.54. The van der Waals surface area contributed by atoms with Crippen molar-refractivity contribution < 1.29 is 23.8 Å². The summed E-state index contributed by atoms with van der Waals surface area (Å²) in [5.41, 5.74) is -0.642. The first-order valence-electron chi connectivity index (χ1n) is 6.21. The van der Waals surface area contributed by atoms with Crippen molar-refractivity contribution in [1.29, 1.82) is 0 Å². The number of methoxy groups -OCH3 is 2. The molecule has 0 aliphatic heterocycles. The van der Waals surface area contributed by atoms with E-state index in [1.54, 1.807) is 6.07 Å².